The maximum Gasteiger partial charge on any atom is 0.265 e. The van der Waals surface area contributed by atoms with Gasteiger partial charge in [-0.3, -0.25) is 14.9 Å². The van der Waals surface area contributed by atoms with Crippen LogP contribution in [0.5, 0.6) is 17.2 Å². The van der Waals surface area contributed by atoms with Gasteiger partial charge < -0.3 is 23.5 Å². The monoisotopic (exact) mass is 537 g/mol. The van der Waals surface area contributed by atoms with Gasteiger partial charge in [0.25, 0.3) is 11.8 Å². The standard InChI is InChI=1S/C26H27N5O6S/c1-15(14-34-5)35-20-10-18(23(32)28-26-27-13-22(38-26)25(33)31(3)4)11-21(12-20)37-19-8-6-17(7-9-19)24-30-29-16(2)36-24/h6-13,15H,14H2,1-5H3,(H,27,28,32). The van der Waals surface area contributed by atoms with Crippen LogP contribution in [0.3, 0.4) is 0 Å². The second-order valence-corrected chi connectivity index (χ2v) is 9.54. The van der Waals surface area contributed by atoms with E-state index < -0.39 is 5.91 Å². The molecule has 0 spiro atoms. The Hall–Kier alpha value is -4.29. The van der Waals surface area contributed by atoms with Gasteiger partial charge in [-0.25, -0.2) is 4.98 Å². The lowest BCUT2D eigenvalue weighted by molar-refractivity contribution is 0.0831. The van der Waals surface area contributed by atoms with E-state index in [-0.39, 0.29) is 17.6 Å². The van der Waals surface area contributed by atoms with Crippen molar-refractivity contribution in [2.75, 3.05) is 33.1 Å². The zero-order valence-corrected chi connectivity index (χ0v) is 22.4. The molecule has 1 N–H and O–H groups in total. The Morgan fingerprint density at radius 3 is 2.47 bits per heavy atom. The van der Waals surface area contributed by atoms with Crippen molar-refractivity contribution in [1.29, 1.82) is 0 Å². The molecule has 12 heteroatoms. The summed E-state index contributed by atoms with van der Waals surface area (Å²) in [6.45, 7) is 3.94. The first kappa shape index (κ1) is 26.8. The second-order valence-electron chi connectivity index (χ2n) is 8.51. The number of ether oxygens (including phenoxy) is 3. The van der Waals surface area contributed by atoms with E-state index in [4.69, 9.17) is 18.6 Å². The van der Waals surface area contributed by atoms with Crippen LogP contribution in [-0.2, 0) is 4.74 Å². The van der Waals surface area contributed by atoms with Crippen molar-refractivity contribution in [3.05, 3.63) is 65.0 Å². The number of nitrogens with zero attached hydrogens (tertiary/aromatic N) is 4. The summed E-state index contributed by atoms with van der Waals surface area (Å²) in [5.74, 6) is 1.61. The molecule has 38 heavy (non-hydrogen) atoms. The maximum atomic E-state index is 13.1. The molecule has 0 saturated carbocycles. The van der Waals surface area contributed by atoms with Crippen molar-refractivity contribution in [3.63, 3.8) is 0 Å². The molecule has 0 saturated heterocycles. The fourth-order valence-corrected chi connectivity index (χ4v) is 4.20. The molecule has 2 heterocycles. The normalized spacial score (nSPS) is 11.6. The van der Waals surface area contributed by atoms with Crippen LogP contribution in [-0.4, -0.2) is 65.8 Å². The Morgan fingerprint density at radius 1 is 1.08 bits per heavy atom. The van der Waals surface area contributed by atoms with E-state index in [1.54, 1.807) is 70.6 Å². The summed E-state index contributed by atoms with van der Waals surface area (Å²) in [5.41, 5.74) is 1.04. The Kier molecular flexibility index (Phi) is 8.34. The summed E-state index contributed by atoms with van der Waals surface area (Å²) >= 11 is 1.09. The van der Waals surface area contributed by atoms with Gasteiger partial charge in [0, 0.05) is 45.3 Å². The second kappa shape index (κ2) is 11.8. The molecule has 198 valence electrons. The van der Waals surface area contributed by atoms with Gasteiger partial charge in [-0.1, -0.05) is 11.3 Å². The first-order valence-electron chi connectivity index (χ1n) is 11.6. The van der Waals surface area contributed by atoms with Crippen LogP contribution < -0.4 is 14.8 Å². The summed E-state index contributed by atoms with van der Waals surface area (Å²) < 4.78 is 22.6. The number of amides is 2. The van der Waals surface area contributed by atoms with Crippen LogP contribution in [0.4, 0.5) is 5.13 Å². The largest absolute Gasteiger partial charge is 0.488 e. The van der Waals surface area contributed by atoms with Crippen LogP contribution in [0.2, 0.25) is 0 Å². The molecule has 0 fully saturated rings. The van der Waals surface area contributed by atoms with Crippen molar-refractivity contribution in [1.82, 2.24) is 20.1 Å². The average Bonchev–Trinajstić information content (AvgIpc) is 3.53. The van der Waals surface area contributed by atoms with Gasteiger partial charge >= 0.3 is 0 Å². The van der Waals surface area contributed by atoms with E-state index in [0.29, 0.717) is 45.6 Å². The van der Waals surface area contributed by atoms with Crippen LogP contribution in [0.1, 0.15) is 32.8 Å². The Labute approximate surface area is 223 Å². The third-order valence-corrected chi connectivity index (χ3v) is 5.99. The smallest absolute Gasteiger partial charge is 0.265 e. The van der Waals surface area contributed by atoms with E-state index in [1.165, 1.54) is 11.1 Å². The molecule has 0 bridgehead atoms. The number of aromatic nitrogens is 3. The number of anilines is 1. The van der Waals surface area contributed by atoms with Crippen molar-refractivity contribution >= 4 is 28.3 Å². The minimum absolute atomic E-state index is 0.193. The molecule has 1 atom stereocenters. The lowest BCUT2D eigenvalue weighted by atomic mass is 10.1. The van der Waals surface area contributed by atoms with Crippen molar-refractivity contribution < 1.29 is 28.2 Å². The highest BCUT2D eigenvalue weighted by atomic mass is 32.1. The Balaban J connectivity index is 1.55. The minimum atomic E-state index is -0.431. The first-order valence-corrected chi connectivity index (χ1v) is 12.4. The maximum absolute atomic E-state index is 13.1. The topological polar surface area (TPSA) is 129 Å². The first-order chi connectivity index (χ1) is 18.2. The SMILES string of the molecule is COCC(C)Oc1cc(Oc2ccc(-c3nnc(C)o3)cc2)cc(C(=O)Nc2ncc(C(=O)N(C)C)s2)c1. The lowest BCUT2D eigenvalue weighted by Crippen LogP contribution is -2.20. The zero-order chi connectivity index (χ0) is 27.2. The number of hydrogen-bond donors (Lipinski definition) is 1. The predicted octanol–water partition coefficient (Wildman–Crippen LogP) is 4.66. The molecule has 1 unspecified atom stereocenters. The molecule has 0 radical (unpaired) electrons. The molecule has 2 aromatic carbocycles. The summed E-state index contributed by atoms with van der Waals surface area (Å²) in [6.07, 6.45) is 1.17. The fraction of sp³-hybridized carbons (Fsp3) is 0.269. The van der Waals surface area contributed by atoms with E-state index in [9.17, 15) is 9.59 Å². The average molecular weight is 538 g/mol. The van der Waals surface area contributed by atoms with Crippen LogP contribution in [0.25, 0.3) is 11.5 Å². The number of thiazole rings is 1. The summed E-state index contributed by atoms with van der Waals surface area (Å²) in [4.78, 5) is 31.3. The van der Waals surface area contributed by atoms with Crippen molar-refractivity contribution in [2.45, 2.75) is 20.0 Å². The van der Waals surface area contributed by atoms with Gasteiger partial charge in [-0.05, 0) is 43.3 Å². The molecule has 4 rings (SSSR count). The van der Waals surface area contributed by atoms with Gasteiger partial charge in [-0.15, -0.1) is 10.2 Å². The van der Waals surface area contributed by atoms with Crippen LogP contribution in [0.15, 0.2) is 53.1 Å². The molecule has 2 aromatic heterocycles. The van der Waals surface area contributed by atoms with E-state index in [1.807, 2.05) is 6.92 Å². The Bertz CT molecular complexity index is 1420. The molecule has 0 aliphatic heterocycles. The van der Waals surface area contributed by atoms with Crippen LogP contribution >= 0.6 is 11.3 Å². The molecule has 0 aliphatic rings. The van der Waals surface area contributed by atoms with Gasteiger partial charge in [0.1, 0.15) is 28.2 Å². The molecule has 11 nitrogen and oxygen atoms in total. The molecular weight excluding hydrogens is 510 g/mol. The number of nitrogens with one attached hydrogen (secondary N) is 1. The number of methoxy groups -OCH3 is 1. The Morgan fingerprint density at radius 2 is 1.82 bits per heavy atom. The highest BCUT2D eigenvalue weighted by Crippen LogP contribution is 2.30. The third-order valence-electron chi connectivity index (χ3n) is 5.09. The molecule has 4 aromatic rings. The van der Waals surface area contributed by atoms with E-state index >= 15 is 0 Å². The van der Waals surface area contributed by atoms with Gasteiger partial charge in [0.2, 0.25) is 11.8 Å². The third kappa shape index (κ3) is 6.72. The number of aryl methyl sites for hydroxylation is 1. The molecular formula is C26H27N5O6S. The number of rotatable bonds is 10. The van der Waals surface area contributed by atoms with Crippen LogP contribution in [0, 0.1) is 6.92 Å². The predicted molar refractivity (Wildman–Crippen MR) is 141 cm³/mol. The summed E-state index contributed by atoms with van der Waals surface area (Å²) in [6, 6.07) is 12.0. The van der Waals surface area contributed by atoms with Crippen molar-refractivity contribution in [2.24, 2.45) is 0 Å². The highest BCUT2D eigenvalue weighted by molar-refractivity contribution is 7.17. The van der Waals surface area contributed by atoms with Gasteiger partial charge in [0.15, 0.2) is 5.13 Å². The highest BCUT2D eigenvalue weighted by Gasteiger charge is 2.17. The quantitative estimate of drug-likeness (QED) is 0.307. The molecule has 0 aliphatic carbocycles. The lowest BCUT2D eigenvalue weighted by Gasteiger charge is -2.16. The number of hydrogen-bond acceptors (Lipinski definition) is 10. The summed E-state index contributed by atoms with van der Waals surface area (Å²) in [5, 5.41) is 10.9. The number of carbonyl (C=O) groups is 2. The van der Waals surface area contributed by atoms with E-state index in [2.05, 4.69) is 20.5 Å². The van der Waals surface area contributed by atoms with Gasteiger partial charge in [-0.2, -0.15) is 0 Å². The molecule has 2 amide bonds. The minimum Gasteiger partial charge on any atom is -0.488 e. The number of benzene rings is 2. The van der Waals surface area contributed by atoms with E-state index in [0.717, 1.165) is 16.9 Å². The fourth-order valence-electron chi connectivity index (χ4n) is 3.37. The number of carbonyl (C=O) groups excluding carboxylic acids is 2. The van der Waals surface area contributed by atoms with Gasteiger partial charge in [0.05, 0.1) is 12.8 Å². The summed E-state index contributed by atoms with van der Waals surface area (Å²) in [7, 11) is 4.88. The van der Waals surface area contributed by atoms with Crippen molar-refractivity contribution in [3.8, 4) is 28.7 Å². The zero-order valence-electron chi connectivity index (χ0n) is 21.5.